The average molecular weight is 249 g/mol. The molecule has 1 aliphatic carbocycles. The van der Waals surface area contributed by atoms with Crippen molar-refractivity contribution in [2.24, 2.45) is 0 Å². The molecule has 1 N–H and O–H groups in total. The summed E-state index contributed by atoms with van der Waals surface area (Å²) in [4.78, 5) is 2.39. The minimum Gasteiger partial charge on any atom is -0.508 e. The molecule has 100 valence electrons. The Bertz CT molecular complexity index is 392. The van der Waals surface area contributed by atoms with Crippen LogP contribution in [-0.2, 0) is 11.2 Å². The Morgan fingerprint density at radius 2 is 2.28 bits per heavy atom. The Balaban J connectivity index is 2.09. The maximum atomic E-state index is 9.93. The van der Waals surface area contributed by atoms with Gasteiger partial charge in [-0.1, -0.05) is 12.1 Å². The van der Waals surface area contributed by atoms with Gasteiger partial charge in [0.2, 0.25) is 0 Å². The first-order valence-corrected chi connectivity index (χ1v) is 6.74. The first kappa shape index (κ1) is 13.4. The summed E-state index contributed by atoms with van der Waals surface area (Å²) in [6.07, 6.45) is 4.39. The van der Waals surface area contributed by atoms with E-state index in [-0.39, 0.29) is 0 Å². The van der Waals surface area contributed by atoms with Gasteiger partial charge >= 0.3 is 0 Å². The van der Waals surface area contributed by atoms with Crippen molar-refractivity contribution in [1.29, 1.82) is 0 Å². The van der Waals surface area contributed by atoms with E-state index in [9.17, 15) is 5.11 Å². The molecule has 0 heterocycles. The molecule has 1 unspecified atom stereocenters. The Morgan fingerprint density at radius 3 is 3.06 bits per heavy atom. The van der Waals surface area contributed by atoms with Gasteiger partial charge in [0.1, 0.15) is 5.75 Å². The van der Waals surface area contributed by atoms with Crippen LogP contribution in [0.15, 0.2) is 18.2 Å². The van der Waals surface area contributed by atoms with Crippen LogP contribution in [0.5, 0.6) is 5.75 Å². The maximum absolute atomic E-state index is 9.93. The fourth-order valence-corrected chi connectivity index (χ4v) is 2.88. The lowest BCUT2D eigenvalue weighted by Gasteiger charge is -2.33. The van der Waals surface area contributed by atoms with E-state index in [1.807, 2.05) is 6.07 Å². The van der Waals surface area contributed by atoms with Gasteiger partial charge in [-0.15, -0.1) is 0 Å². The van der Waals surface area contributed by atoms with E-state index in [4.69, 9.17) is 4.74 Å². The van der Waals surface area contributed by atoms with Crippen molar-refractivity contribution in [3.8, 4) is 5.75 Å². The fraction of sp³-hybridized carbons (Fsp3) is 0.600. The minimum atomic E-state index is 0.442. The zero-order valence-corrected chi connectivity index (χ0v) is 11.4. The topological polar surface area (TPSA) is 32.7 Å². The smallest absolute Gasteiger partial charge is 0.119 e. The SMILES string of the molecule is COCCCN(C)C1CCCc2c(O)cccc21. The van der Waals surface area contributed by atoms with Crippen LogP contribution in [0.4, 0.5) is 0 Å². The average Bonchev–Trinajstić information content (AvgIpc) is 2.39. The van der Waals surface area contributed by atoms with Crippen molar-refractivity contribution in [2.45, 2.75) is 31.7 Å². The molecular formula is C15H23NO2. The number of methoxy groups -OCH3 is 1. The van der Waals surface area contributed by atoms with Gasteiger partial charge in [-0.05, 0) is 49.9 Å². The molecule has 0 bridgehead atoms. The molecule has 0 saturated carbocycles. The van der Waals surface area contributed by atoms with Crippen LogP contribution in [0.25, 0.3) is 0 Å². The molecule has 0 radical (unpaired) electrons. The normalized spacial score (nSPS) is 18.9. The van der Waals surface area contributed by atoms with E-state index in [0.29, 0.717) is 11.8 Å². The predicted octanol–water partition coefficient (Wildman–Crippen LogP) is 2.74. The highest BCUT2D eigenvalue weighted by molar-refractivity contribution is 5.42. The molecule has 1 aromatic rings. The number of benzene rings is 1. The summed E-state index contributed by atoms with van der Waals surface area (Å²) in [5, 5.41) is 9.93. The Labute approximate surface area is 109 Å². The van der Waals surface area contributed by atoms with Crippen molar-refractivity contribution in [1.82, 2.24) is 4.90 Å². The number of rotatable bonds is 5. The number of nitrogens with zero attached hydrogens (tertiary/aromatic N) is 1. The van der Waals surface area contributed by atoms with Crippen LogP contribution in [0.3, 0.4) is 0 Å². The summed E-state index contributed by atoms with van der Waals surface area (Å²) in [7, 11) is 3.91. The third-order valence-corrected chi connectivity index (χ3v) is 3.84. The largest absolute Gasteiger partial charge is 0.508 e. The summed E-state index contributed by atoms with van der Waals surface area (Å²) < 4.78 is 5.10. The van der Waals surface area contributed by atoms with Gasteiger partial charge < -0.3 is 9.84 Å². The molecule has 0 spiro atoms. The molecule has 1 aromatic carbocycles. The Hall–Kier alpha value is -1.06. The molecule has 1 atom stereocenters. The number of ether oxygens (including phenoxy) is 1. The number of hydrogen-bond acceptors (Lipinski definition) is 3. The molecule has 18 heavy (non-hydrogen) atoms. The Kier molecular flexibility index (Phi) is 4.61. The molecule has 0 fully saturated rings. The van der Waals surface area contributed by atoms with Gasteiger partial charge in [0.15, 0.2) is 0 Å². The van der Waals surface area contributed by atoms with Gasteiger partial charge in [-0.2, -0.15) is 0 Å². The van der Waals surface area contributed by atoms with Crippen LogP contribution >= 0.6 is 0 Å². The summed E-state index contributed by atoms with van der Waals surface area (Å²) in [5.41, 5.74) is 2.45. The predicted molar refractivity (Wildman–Crippen MR) is 72.9 cm³/mol. The summed E-state index contributed by atoms with van der Waals surface area (Å²) in [5.74, 6) is 0.461. The van der Waals surface area contributed by atoms with Crippen molar-refractivity contribution in [3.63, 3.8) is 0 Å². The first-order chi connectivity index (χ1) is 8.74. The van der Waals surface area contributed by atoms with Gasteiger partial charge in [-0.3, -0.25) is 4.90 Å². The summed E-state index contributed by atoms with van der Waals surface area (Å²) >= 11 is 0. The molecule has 0 aliphatic heterocycles. The maximum Gasteiger partial charge on any atom is 0.119 e. The summed E-state index contributed by atoms with van der Waals surface area (Å²) in [6, 6.07) is 6.35. The lowest BCUT2D eigenvalue weighted by atomic mass is 9.86. The van der Waals surface area contributed by atoms with E-state index in [1.165, 1.54) is 12.0 Å². The van der Waals surface area contributed by atoms with E-state index < -0.39 is 0 Å². The second-order valence-electron chi connectivity index (χ2n) is 5.08. The van der Waals surface area contributed by atoms with E-state index >= 15 is 0 Å². The van der Waals surface area contributed by atoms with Crippen molar-refractivity contribution >= 4 is 0 Å². The highest BCUT2D eigenvalue weighted by Crippen LogP contribution is 2.37. The molecule has 3 heteroatoms. The monoisotopic (exact) mass is 249 g/mol. The first-order valence-electron chi connectivity index (χ1n) is 6.74. The van der Waals surface area contributed by atoms with Crippen LogP contribution in [0.2, 0.25) is 0 Å². The third kappa shape index (κ3) is 2.85. The summed E-state index contributed by atoms with van der Waals surface area (Å²) in [6.45, 7) is 1.84. The Morgan fingerprint density at radius 1 is 1.44 bits per heavy atom. The number of aromatic hydroxyl groups is 1. The van der Waals surface area contributed by atoms with Gasteiger partial charge in [0.05, 0.1) is 0 Å². The lowest BCUT2D eigenvalue weighted by molar-refractivity contribution is 0.159. The van der Waals surface area contributed by atoms with Crippen molar-refractivity contribution < 1.29 is 9.84 Å². The van der Waals surface area contributed by atoms with Crippen LogP contribution in [0.1, 0.15) is 36.4 Å². The van der Waals surface area contributed by atoms with Crippen LogP contribution in [0, 0.1) is 0 Å². The van der Waals surface area contributed by atoms with E-state index in [2.05, 4.69) is 18.0 Å². The van der Waals surface area contributed by atoms with Gasteiger partial charge in [-0.25, -0.2) is 0 Å². The van der Waals surface area contributed by atoms with Crippen LogP contribution < -0.4 is 0 Å². The second-order valence-corrected chi connectivity index (χ2v) is 5.08. The van der Waals surface area contributed by atoms with Crippen LogP contribution in [-0.4, -0.2) is 37.3 Å². The number of phenols is 1. The van der Waals surface area contributed by atoms with Gasteiger partial charge in [0.25, 0.3) is 0 Å². The lowest BCUT2D eigenvalue weighted by Crippen LogP contribution is -2.29. The molecule has 0 amide bonds. The number of hydrogen-bond donors (Lipinski definition) is 1. The molecule has 0 saturated heterocycles. The molecule has 3 nitrogen and oxygen atoms in total. The van der Waals surface area contributed by atoms with E-state index in [1.54, 1.807) is 13.2 Å². The van der Waals surface area contributed by atoms with Crippen molar-refractivity contribution in [2.75, 3.05) is 27.3 Å². The van der Waals surface area contributed by atoms with Gasteiger partial charge in [0, 0.05) is 26.3 Å². The highest BCUT2D eigenvalue weighted by atomic mass is 16.5. The molecule has 0 aromatic heterocycles. The molecule has 2 rings (SSSR count). The third-order valence-electron chi connectivity index (χ3n) is 3.84. The standard InChI is InChI=1S/C15H23NO2/c1-16(10-5-11-18-2)14-8-3-7-13-12(14)6-4-9-15(13)17/h4,6,9,14,17H,3,5,7-8,10-11H2,1-2H3. The van der Waals surface area contributed by atoms with E-state index in [0.717, 1.165) is 38.0 Å². The molecule has 1 aliphatic rings. The number of fused-ring (bicyclic) bond motifs is 1. The number of phenolic OH excluding ortho intramolecular Hbond substituents is 1. The zero-order valence-electron chi connectivity index (χ0n) is 11.4. The molecular weight excluding hydrogens is 226 g/mol. The quantitative estimate of drug-likeness (QED) is 0.814. The second kappa shape index (κ2) is 6.21. The van der Waals surface area contributed by atoms with Crippen molar-refractivity contribution in [3.05, 3.63) is 29.3 Å². The zero-order chi connectivity index (χ0) is 13.0. The highest BCUT2D eigenvalue weighted by Gasteiger charge is 2.24. The minimum absolute atomic E-state index is 0.442. The fourth-order valence-electron chi connectivity index (χ4n) is 2.88.